The zero-order valence-corrected chi connectivity index (χ0v) is 14.1. The summed E-state index contributed by atoms with van der Waals surface area (Å²) in [7, 11) is 1.68. The van der Waals surface area contributed by atoms with E-state index in [1.165, 1.54) is 4.90 Å². The van der Waals surface area contributed by atoms with E-state index in [1.807, 2.05) is 56.0 Å². The van der Waals surface area contributed by atoms with E-state index in [4.69, 9.17) is 0 Å². The molecule has 0 bridgehead atoms. The van der Waals surface area contributed by atoms with Gasteiger partial charge in [0, 0.05) is 32.4 Å². The molecule has 1 aromatic carbocycles. The summed E-state index contributed by atoms with van der Waals surface area (Å²) in [6.45, 7) is 8.39. The van der Waals surface area contributed by atoms with Crippen molar-refractivity contribution in [2.45, 2.75) is 20.8 Å². The maximum absolute atomic E-state index is 12.3. The van der Waals surface area contributed by atoms with Crippen LogP contribution in [-0.4, -0.2) is 61.4 Å². The highest BCUT2D eigenvalue weighted by Gasteiger charge is 2.18. The Balaban J connectivity index is 2.61. The fourth-order valence-corrected chi connectivity index (χ4v) is 2.28. The maximum Gasteiger partial charge on any atom is 0.242 e. The van der Waals surface area contributed by atoms with Gasteiger partial charge in [0.15, 0.2) is 0 Å². The molecule has 0 fully saturated rings. The minimum Gasteiger partial charge on any atom is -0.362 e. The number of para-hydroxylation sites is 1. The first-order valence-electron chi connectivity index (χ1n) is 7.85. The quantitative estimate of drug-likeness (QED) is 0.736. The van der Waals surface area contributed by atoms with E-state index in [1.54, 1.807) is 11.9 Å². The van der Waals surface area contributed by atoms with Crippen molar-refractivity contribution in [3.63, 3.8) is 0 Å². The molecule has 0 aliphatic heterocycles. The monoisotopic (exact) mass is 305 g/mol. The molecule has 0 aliphatic rings. The third-order valence-corrected chi connectivity index (χ3v) is 3.74. The van der Waals surface area contributed by atoms with Crippen LogP contribution in [0.15, 0.2) is 30.3 Å². The molecule has 5 nitrogen and oxygen atoms in total. The zero-order chi connectivity index (χ0) is 16.5. The standard InChI is InChI=1S/C17H27N3O2/c1-5-19(6-2)17(22)13-18(4)16(21)14-20(7-3)15-11-9-8-10-12-15/h8-12H,5-7,13-14H2,1-4H3. The largest absolute Gasteiger partial charge is 0.362 e. The molecule has 0 aliphatic carbocycles. The van der Waals surface area contributed by atoms with Crippen LogP contribution in [0.25, 0.3) is 0 Å². The smallest absolute Gasteiger partial charge is 0.242 e. The molecule has 2 amide bonds. The number of nitrogens with zero attached hydrogens (tertiary/aromatic N) is 3. The van der Waals surface area contributed by atoms with Gasteiger partial charge in [0.1, 0.15) is 0 Å². The van der Waals surface area contributed by atoms with Gasteiger partial charge >= 0.3 is 0 Å². The molecule has 122 valence electrons. The Bertz CT molecular complexity index is 472. The van der Waals surface area contributed by atoms with E-state index in [0.29, 0.717) is 13.1 Å². The van der Waals surface area contributed by atoms with Gasteiger partial charge in [0.2, 0.25) is 11.8 Å². The molecule has 0 unspecified atom stereocenters. The van der Waals surface area contributed by atoms with Crippen LogP contribution in [0.2, 0.25) is 0 Å². The second kappa shape index (κ2) is 9.07. The highest BCUT2D eigenvalue weighted by Crippen LogP contribution is 2.12. The van der Waals surface area contributed by atoms with E-state index in [0.717, 1.165) is 12.2 Å². The molecule has 5 heteroatoms. The molecule has 22 heavy (non-hydrogen) atoms. The number of hydrogen-bond donors (Lipinski definition) is 0. The molecule has 0 heterocycles. The Hall–Kier alpha value is -2.04. The van der Waals surface area contributed by atoms with Crippen LogP contribution >= 0.6 is 0 Å². The number of amides is 2. The molecular weight excluding hydrogens is 278 g/mol. The fourth-order valence-electron chi connectivity index (χ4n) is 2.28. The van der Waals surface area contributed by atoms with Crippen LogP contribution in [0.4, 0.5) is 5.69 Å². The molecule has 0 N–H and O–H groups in total. The maximum atomic E-state index is 12.3. The third kappa shape index (κ3) is 5.06. The SMILES string of the molecule is CCN(CC)C(=O)CN(C)C(=O)CN(CC)c1ccccc1. The van der Waals surface area contributed by atoms with Gasteiger partial charge in [0.25, 0.3) is 0 Å². The number of rotatable bonds is 8. The highest BCUT2D eigenvalue weighted by molar-refractivity contribution is 5.87. The van der Waals surface area contributed by atoms with Crippen molar-refractivity contribution in [3.05, 3.63) is 30.3 Å². The van der Waals surface area contributed by atoms with Gasteiger partial charge in [-0.3, -0.25) is 9.59 Å². The second-order valence-corrected chi connectivity index (χ2v) is 5.17. The van der Waals surface area contributed by atoms with Gasteiger partial charge in [-0.1, -0.05) is 18.2 Å². The molecule has 0 saturated heterocycles. The first-order valence-corrected chi connectivity index (χ1v) is 7.85. The summed E-state index contributed by atoms with van der Waals surface area (Å²) < 4.78 is 0. The number of likely N-dealkylation sites (N-methyl/N-ethyl adjacent to an activating group) is 3. The second-order valence-electron chi connectivity index (χ2n) is 5.17. The van der Waals surface area contributed by atoms with Crippen LogP contribution in [0.1, 0.15) is 20.8 Å². The average molecular weight is 305 g/mol. The lowest BCUT2D eigenvalue weighted by Gasteiger charge is -2.27. The molecule has 0 aromatic heterocycles. The molecule has 0 saturated carbocycles. The van der Waals surface area contributed by atoms with Crippen molar-refractivity contribution >= 4 is 17.5 Å². The Kier molecular flexibility index (Phi) is 7.43. The minimum absolute atomic E-state index is 0.0105. The van der Waals surface area contributed by atoms with Gasteiger partial charge in [0.05, 0.1) is 13.1 Å². The number of carbonyl (C=O) groups excluding carboxylic acids is 2. The van der Waals surface area contributed by atoms with Crippen LogP contribution in [0, 0.1) is 0 Å². The Morgan fingerprint density at radius 1 is 0.864 bits per heavy atom. The summed E-state index contributed by atoms with van der Waals surface area (Å²) in [6, 6.07) is 9.83. The van der Waals surface area contributed by atoms with Crippen molar-refractivity contribution in [2.24, 2.45) is 0 Å². The van der Waals surface area contributed by atoms with Crippen LogP contribution in [0.5, 0.6) is 0 Å². The van der Waals surface area contributed by atoms with Crippen molar-refractivity contribution in [3.8, 4) is 0 Å². The number of anilines is 1. The van der Waals surface area contributed by atoms with Gasteiger partial charge in [-0.2, -0.15) is 0 Å². The molecule has 1 rings (SSSR count). The molecular formula is C17H27N3O2. The van der Waals surface area contributed by atoms with Crippen molar-refractivity contribution in [1.29, 1.82) is 0 Å². The van der Waals surface area contributed by atoms with E-state index in [9.17, 15) is 9.59 Å². The predicted octanol–water partition coefficient (Wildman–Crippen LogP) is 1.84. The normalized spacial score (nSPS) is 10.2. The predicted molar refractivity (Wildman–Crippen MR) is 89.9 cm³/mol. The van der Waals surface area contributed by atoms with Crippen molar-refractivity contribution < 1.29 is 9.59 Å². The zero-order valence-electron chi connectivity index (χ0n) is 14.1. The lowest BCUT2D eigenvalue weighted by molar-refractivity contribution is -0.138. The van der Waals surface area contributed by atoms with E-state index in [-0.39, 0.29) is 24.9 Å². The van der Waals surface area contributed by atoms with Gasteiger partial charge in [-0.05, 0) is 32.9 Å². The van der Waals surface area contributed by atoms with Gasteiger partial charge in [-0.25, -0.2) is 0 Å². The van der Waals surface area contributed by atoms with Crippen molar-refractivity contribution in [2.75, 3.05) is 44.7 Å². The average Bonchev–Trinajstić information content (AvgIpc) is 2.54. The van der Waals surface area contributed by atoms with Gasteiger partial charge in [-0.15, -0.1) is 0 Å². The number of hydrogen-bond acceptors (Lipinski definition) is 3. The molecule has 0 spiro atoms. The van der Waals surface area contributed by atoms with Crippen LogP contribution in [0.3, 0.4) is 0 Å². The summed E-state index contributed by atoms with van der Waals surface area (Å²) in [4.78, 5) is 29.6. The third-order valence-electron chi connectivity index (χ3n) is 3.74. The fraction of sp³-hybridized carbons (Fsp3) is 0.529. The first kappa shape index (κ1) is 18.0. The van der Waals surface area contributed by atoms with E-state index in [2.05, 4.69) is 0 Å². The lowest BCUT2D eigenvalue weighted by atomic mass is 10.3. The topological polar surface area (TPSA) is 43.9 Å². The van der Waals surface area contributed by atoms with E-state index < -0.39 is 0 Å². The molecule has 0 radical (unpaired) electrons. The van der Waals surface area contributed by atoms with E-state index >= 15 is 0 Å². The van der Waals surface area contributed by atoms with Crippen molar-refractivity contribution in [1.82, 2.24) is 9.80 Å². The summed E-state index contributed by atoms with van der Waals surface area (Å²) in [5.41, 5.74) is 1.02. The summed E-state index contributed by atoms with van der Waals surface area (Å²) in [6.07, 6.45) is 0. The summed E-state index contributed by atoms with van der Waals surface area (Å²) >= 11 is 0. The van der Waals surface area contributed by atoms with Crippen LogP contribution < -0.4 is 4.90 Å². The molecule has 1 aromatic rings. The lowest BCUT2D eigenvalue weighted by Crippen LogP contribution is -2.44. The Labute approximate surface area is 133 Å². The summed E-state index contributed by atoms with van der Waals surface area (Å²) in [5, 5.41) is 0. The highest BCUT2D eigenvalue weighted by atomic mass is 16.2. The minimum atomic E-state index is -0.0498. The summed E-state index contributed by atoms with van der Waals surface area (Å²) in [5.74, 6) is -0.0604. The van der Waals surface area contributed by atoms with Gasteiger partial charge < -0.3 is 14.7 Å². The molecule has 0 atom stereocenters. The number of carbonyl (C=O) groups is 2. The number of benzene rings is 1. The Morgan fingerprint density at radius 3 is 1.95 bits per heavy atom. The first-order chi connectivity index (χ1) is 10.5. The van der Waals surface area contributed by atoms with Crippen LogP contribution in [-0.2, 0) is 9.59 Å². The Morgan fingerprint density at radius 2 is 1.45 bits per heavy atom.